The molecule has 1 aliphatic rings. The zero-order valence-corrected chi connectivity index (χ0v) is 11.0. The fraction of sp³-hybridized carbons (Fsp3) is 0.286. The predicted molar refractivity (Wildman–Crippen MR) is 72.3 cm³/mol. The molecule has 4 nitrogen and oxygen atoms in total. The van der Waals surface area contributed by atoms with E-state index in [-0.39, 0.29) is 0 Å². The first-order valence-electron chi connectivity index (χ1n) is 6.37. The fourth-order valence-corrected chi connectivity index (χ4v) is 2.62. The Kier molecular flexibility index (Phi) is 2.38. The summed E-state index contributed by atoms with van der Waals surface area (Å²) in [5, 5.41) is 5.91. The Balaban J connectivity index is 1.70. The quantitative estimate of drug-likeness (QED) is 0.732. The van der Waals surface area contributed by atoms with Crippen LogP contribution in [0, 0.1) is 0 Å². The normalized spacial score (nSPS) is 15.2. The summed E-state index contributed by atoms with van der Waals surface area (Å²) in [7, 11) is 0. The summed E-state index contributed by atoms with van der Waals surface area (Å²) < 4.78 is 7.33. The van der Waals surface area contributed by atoms with Crippen molar-refractivity contribution in [2.75, 3.05) is 0 Å². The second-order valence-corrected chi connectivity index (χ2v) is 5.35. The van der Waals surface area contributed by atoms with Crippen molar-refractivity contribution in [3.8, 4) is 0 Å². The predicted octanol–water partition coefficient (Wildman–Crippen LogP) is 3.60. The summed E-state index contributed by atoms with van der Waals surface area (Å²) in [4.78, 5) is 4.44. The van der Waals surface area contributed by atoms with E-state index in [0.29, 0.717) is 18.3 Å². The largest absolute Gasteiger partial charge is 0.339 e. The van der Waals surface area contributed by atoms with Crippen LogP contribution >= 0.6 is 11.6 Å². The molecule has 2 heterocycles. The first-order chi connectivity index (χ1) is 9.31. The second-order valence-electron chi connectivity index (χ2n) is 4.94. The zero-order chi connectivity index (χ0) is 12.8. The summed E-state index contributed by atoms with van der Waals surface area (Å²) in [6, 6.07) is 7.94. The lowest BCUT2D eigenvalue weighted by atomic mass is 10.2. The number of hydrogen-bond donors (Lipinski definition) is 0. The standard InChI is InChI=1S/C14H12ClN3O/c15-11-3-1-2-9-6-7-18(13(9)11)8-12-16-14(19-17-12)10-4-5-10/h1-3,6-7,10H,4-5,8H2. The molecular weight excluding hydrogens is 262 g/mol. The van der Waals surface area contributed by atoms with E-state index < -0.39 is 0 Å². The van der Waals surface area contributed by atoms with Crippen molar-refractivity contribution in [2.24, 2.45) is 0 Å². The number of rotatable bonds is 3. The third-order valence-electron chi connectivity index (χ3n) is 3.46. The highest BCUT2D eigenvalue weighted by Gasteiger charge is 2.29. The Hall–Kier alpha value is -1.81. The van der Waals surface area contributed by atoms with E-state index in [2.05, 4.69) is 14.7 Å². The molecule has 3 aromatic rings. The van der Waals surface area contributed by atoms with Gasteiger partial charge in [0.05, 0.1) is 17.1 Å². The molecule has 0 amide bonds. The molecule has 5 heteroatoms. The molecule has 2 aromatic heterocycles. The molecule has 1 saturated carbocycles. The van der Waals surface area contributed by atoms with Gasteiger partial charge in [0.2, 0.25) is 5.89 Å². The van der Waals surface area contributed by atoms with Gasteiger partial charge in [0.1, 0.15) is 0 Å². The molecule has 1 fully saturated rings. The fourth-order valence-electron chi connectivity index (χ4n) is 2.33. The van der Waals surface area contributed by atoms with Crippen molar-refractivity contribution in [1.82, 2.24) is 14.7 Å². The number of hydrogen-bond acceptors (Lipinski definition) is 3. The lowest BCUT2D eigenvalue weighted by Crippen LogP contribution is -2.00. The minimum absolute atomic E-state index is 0.492. The maximum absolute atomic E-state index is 6.25. The van der Waals surface area contributed by atoms with Gasteiger partial charge in [-0.15, -0.1) is 0 Å². The number of aromatic nitrogens is 3. The molecule has 1 aliphatic carbocycles. The van der Waals surface area contributed by atoms with E-state index in [1.54, 1.807) is 0 Å². The van der Waals surface area contributed by atoms with Crippen LogP contribution in [0.3, 0.4) is 0 Å². The second kappa shape index (κ2) is 4.10. The van der Waals surface area contributed by atoms with Crippen LogP contribution in [0.4, 0.5) is 0 Å². The summed E-state index contributed by atoms with van der Waals surface area (Å²) in [5.41, 5.74) is 1.02. The number of fused-ring (bicyclic) bond motifs is 1. The van der Waals surface area contributed by atoms with Gasteiger partial charge < -0.3 is 9.09 Å². The van der Waals surface area contributed by atoms with Gasteiger partial charge in [-0.05, 0) is 25.0 Å². The van der Waals surface area contributed by atoms with Gasteiger partial charge in [-0.2, -0.15) is 4.98 Å². The van der Waals surface area contributed by atoms with Gasteiger partial charge in [0, 0.05) is 17.5 Å². The average Bonchev–Trinajstić information content (AvgIpc) is 3.02. The Morgan fingerprint density at radius 3 is 3.05 bits per heavy atom. The molecule has 0 aliphatic heterocycles. The van der Waals surface area contributed by atoms with Crippen LogP contribution in [0.5, 0.6) is 0 Å². The average molecular weight is 274 g/mol. The highest BCUT2D eigenvalue weighted by Crippen LogP contribution is 2.38. The van der Waals surface area contributed by atoms with E-state index in [9.17, 15) is 0 Å². The molecule has 0 N–H and O–H groups in total. The van der Waals surface area contributed by atoms with Crippen LogP contribution in [0.25, 0.3) is 10.9 Å². The third-order valence-corrected chi connectivity index (χ3v) is 3.77. The summed E-state index contributed by atoms with van der Waals surface area (Å²) >= 11 is 6.25. The highest BCUT2D eigenvalue weighted by atomic mass is 35.5. The van der Waals surface area contributed by atoms with Crippen molar-refractivity contribution in [2.45, 2.75) is 25.3 Å². The van der Waals surface area contributed by atoms with Crippen LogP contribution in [-0.2, 0) is 6.54 Å². The van der Waals surface area contributed by atoms with Crippen LogP contribution in [0.1, 0.15) is 30.5 Å². The highest BCUT2D eigenvalue weighted by molar-refractivity contribution is 6.35. The molecule has 0 radical (unpaired) electrons. The molecule has 4 rings (SSSR count). The van der Waals surface area contributed by atoms with E-state index in [0.717, 1.165) is 21.8 Å². The smallest absolute Gasteiger partial charge is 0.229 e. The summed E-state index contributed by atoms with van der Waals surface area (Å²) in [5.74, 6) is 1.98. The van der Waals surface area contributed by atoms with Crippen molar-refractivity contribution >= 4 is 22.5 Å². The van der Waals surface area contributed by atoms with Gasteiger partial charge in [-0.25, -0.2) is 0 Å². The first-order valence-corrected chi connectivity index (χ1v) is 6.75. The summed E-state index contributed by atoms with van der Waals surface area (Å²) in [6.45, 7) is 0.587. The molecular formula is C14H12ClN3O. The van der Waals surface area contributed by atoms with Crippen molar-refractivity contribution in [1.29, 1.82) is 0 Å². The number of benzene rings is 1. The van der Waals surface area contributed by atoms with E-state index in [4.69, 9.17) is 16.1 Å². The van der Waals surface area contributed by atoms with Crippen molar-refractivity contribution in [3.63, 3.8) is 0 Å². The van der Waals surface area contributed by atoms with E-state index in [1.807, 2.05) is 30.5 Å². The third kappa shape index (κ3) is 1.92. The van der Waals surface area contributed by atoms with E-state index in [1.165, 1.54) is 12.8 Å². The lowest BCUT2D eigenvalue weighted by molar-refractivity contribution is 0.373. The SMILES string of the molecule is Clc1cccc2ccn(Cc3noc(C4CC4)n3)c12. The van der Waals surface area contributed by atoms with Crippen LogP contribution in [-0.4, -0.2) is 14.7 Å². The maximum Gasteiger partial charge on any atom is 0.229 e. The van der Waals surface area contributed by atoms with Crippen LogP contribution in [0.2, 0.25) is 5.02 Å². The minimum Gasteiger partial charge on any atom is -0.339 e. The molecule has 0 bridgehead atoms. The van der Waals surface area contributed by atoms with Crippen molar-refractivity contribution < 1.29 is 4.52 Å². The maximum atomic E-state index is 6.25. The van der Waals surface area contributed by atoms with Gasteiger partial charge in [0.25, 0.3) is 0 Å². The molecule has 19 heavy (non-hydrogen) atoms. The molecule has 0 spiro atoms. The first kappa shape index (κ1) is 11.1. The van der Waals surface area contributed by atoms with Gasteiger partial charge in [-0.1, -0.05) is 28.9 Å². The molecule has 0 atom stereocenters. The monoisotopic (exact) mass is 273 g/mol. The Morgan fingerprint density at radius 1 is 1.32 bits per heavy atom. The zero-order valence-electron chi connectivity index (χ0n) is 10.2. The van der Waals surface area contributed by atoms with Gasteiger partial charge in [-0.3, -0.25) is 0 Å². The topological polar surface area (TPSA) is 43.9 Å². The van der Waals surface area contributed by atoms with Crippen molar-refractivity contribution in [3.05, 3.63) is 47.2 Å². The molecule has 1 aromatic carbocycles. The Morgan fingerprint density at radius 2 is 2.21 bits per heavy atom. The number of nitrogens with zero attached hydrogens (tertiary/aromatic N) is 3. The Labute approximate surface area is 115 Å². The van der Waals surface area contributed by atoms with Gasteiger partial charge >= 0.3 is 0 Å². The minimum atomic E-state index is 0.492. The molecule has 96 valence electrons. The van der Waals surface area contributed by atoms with Gasteiger partial charge in [0.15, 0.2) is 5.82 Å². The van der Waals surface area contributed by atoms with Crippen LogP contribution in [0.15, 0.2) is 35.0 Å². The molecule has 0 saturated heterocycles. The number of halogens is 1. The lowest BCUT2D eigenvalue weighted by Gasteiger charge is -2.03. The van der Waals surface area contributed by atoms with Crippen LogP contribution < -0.4 is 0 Å². The molecule has 0 unspecified atom stereocenters. The summed E-state index contributed by atoms with van der Waals surface area (Å²) in [6.07, 6.45) is 4.34. The number of para-hydroxylation sites is 1. The van der Waals surface area contributed by atoms with E-state index >= 15 is 0 Å². The Bertz CT molecular complexity index is 742.